The average molecular weight is 273 g/mol. The first-order chi connectivity index (χ1) is 8.67. The molecule has 1 aliphatic heterocycles. The number of unbranched alkanes of at least 4 members (excludes halogenated alkanes) is 2. The van der Waals surface area contributed by atoms with E-state index in [0.29, 0.717) is 6.61 Å². The van der Waals surface area contributed by atoms with Crippen LogP contribution in [-0.2, 0) is 9.53 Å². The Morgan fingerprint density at radius 3 is 2.39 bits per heavy atom. The fourth-order valence-corrected chi connectivity index (χ4v) is 3.86. The molecule has 1 aliphatic rings. The number of hydrogen-bond donors (Lipinski definition) is 1. The maximum absolute atomic E-state index is 11.8. The van der Waals surface area contributed by atoms with Gasteiger partial charge in [-0.1, -0.05) is 39.5 Å². The van der Waals surface area contributed by atoms with Crippen molar-refractivity contribution in [2.75, 3.05) is 12.4 Å². The molecule has 1 saturated heterocycles. The number of thioether (sulfide) groups is 1. The Morgan fingerprint density at radius 1 is 1.28 bits per heavy atom. The highest BCUT2D eigenvalue weighted by Crippen LogP contribution is 2.39. The molecule has 0 spiro atoms. The fourth-order valence-electron chi connectivity index (χ4n) is 2.35. The van der Waals surface area contributed by atoms with E-state index in [1.807, 2.05) is 18.7 Å². The average Bonchev–Trinajstić information content (AvgIpc) is 2.79. The molecule has 0 bridgehead atoms. The highest BCUT2D eigenvalue weighted by molar-refractivity contribution is 8.00. The van der Waals surface area contributed by atoms with Gasteiger partial charge in [-0.2, -0.15) is 0 Å². The van der Waals surface area contributed by atoms with Gasteiger partial charge in [0, 0.05) is 5.75 Å². The molecule has 1 N–H and O–H groups in total. The van der Waals surface area contributed by atoms with Crippen LogP contribution in [-0.4, -0.2) is 29.2 Å². The molecule has 0 radical (unpaired) electrons. The van der Waals surface area contributed by atoms with Crippen molar-refractivity contribution < 1.29 is 9.53 Å². The van der Waals surface area contributed by atoms with Gasteiger partial charge in [0.25, 0.3) is 0 Å². The molecule has 1 fully saturated rings. The molecule has 3 nitrogen and oxygen atoms in total. The third-order valence-electron chi connectivity index (χ3n) is 3.40. The normalized spacial score (nSPS) is 22.1. The highest BCUT2D eigenvalue weighted by Gasteiger charge is 2.41. The van der Waals surface area contributed by atoms with Gasteiger partial charge in [0.15, 0.2) is 0 Å². The summed E-state index contributed by atoms with van der Waals surface area (Å²) in [6.45, 7) is 6.77. The van der Waals surface area contributed by atoms with Crippen molar-refractivity contribution >= 4 is 17.7 Å². The summed E-state index contributed by atoms with van der Waals surface area (Å²) in [4.78, 5) is 11.9. The summed E-state index contributed by atoms with van der Waals surface area (Å²) in [5.74, 6) is 0.770. The summed E-state index contributed by atoms with van der Waals surface area (Å²) >= 11 is 1.92. The Labute approximate surface area is 115 Å². The first-order valence-electron chi connectivity index (χ1n) is 7.25. The molecular weight excluding hydrogens is 246 g/mol. The Kier molecular flexibility index (Phi) is 7.08. The molecule has 0 aromatic carbocycles. The predicted molar refractivity (Wildman–Crippen MR) is 77.8 cm³/mol. The number of hydrogen-bond acceptors (Lipinski definition) is 4. The second kappa shape index (κ2) is 8.05. The standard InChI is InChI=1S/C14H27NO2S/c1-4-7-9-14(10-8-5-2)15-12(11-18-14)13(16)17-6-3/h12,15H,4-11H2,1-3H3/t12-/m0/s1. The summed E-state index contributed by atoms with van der Waals surface area (Å²) in [5.41, 5.74) is 0. The first kappa shape index (κ1) is 15.8. The summed E-state index contributed by atoms with van der Waals surface area (Å²) in [5, 5.41) is 3.55. The maximum atomic E-state index is 11.8. The van der Waals surface area contributed by atoms with Gasteiger partial charge < -0.3 is 4.74 Å². The zero-order chi connectivity index (χ0) is 13.4. The molecule has 18 heavy (non-hydrogen) atoms. The van der Waals surface area contributed by atoms with Crippen LogP contribution in [0, 0.1) is 0 Å². The van der Waals surface area contributed by atoms with Crippen molar-refractivity contribution in [1.29, 1.82) is 0 Å². The molecule has 106 valence electrons. The van der Waals surface area contributed by atoms with Crippen molar-refractivity contribution in [3.63, 3.8) is 0 Å². The number of esters is 1. The zero-order valence-corrected chi connectivity index (χ0v) is 12.8. The third-order valence-corrected chi connectivity index (χ3v) is 4.98. The monoisotopic (exact) mass is 273 g/mol. The molecule has 0 saturated carbocycles. The summed E-state index contributed by atoms with van der Waals surface area (Å²) < 4.78 is 5.11. The van der Waals surface area contributed by atoms with Gasteiger partial charge in [0.1, 0.15) is 6.04 Å². The lowest BCUT2D eigenvalue weighted by Gasteiger charge is -2.29. The van der Waals surface area contributed by atoms with E-state index < -0.39 is 0 Å². The number of rotatable bonds is 8. The van der Waals surface area contributed by atoms with Gasteiger partial charge in [-0.15, -0.1) is 11.8 Å². The predicted octanol–water partition coefficient (Wildman–Crippen LogP) is 3.33. The summed E-state index contributed by atoms with van der Waals surface area (Å²) in [6.07, 6.45) is 7.17. The number of ether oxygens (including phenoxy) is 1. The molecular formula is C14H27NO2S. The van der Waals surface area contributed by atoms with Crippen LogP contribution in [0.5, 0.6) is 0 Å². The van der Waals surface area contributed by atoms with Crippen LogP contribution in [0.2, 0.25) is 0 Å². The van der Waals surface area contributed by atoms with Crippen LogP contribution >= 0.6 is 11.8 Å². The van der Waals surface area contributed by atoms with Crippen molar-refractivity contribution in [1.82, 2.24) is 5.32 Å². The number of carbonyl (C=O) groups excluding carboxylic acids is 1. The number of nitrogens with one attached hydrogen (secondary N) is 1. The van der Waals surface area contributed by atoms with Crippen molar-refractivity contribution in [3.05, 3.63) is 0 Å². The van der Waals surface area contributed by atoms with E-state index in [-0.39, 0.29) is 16.9 Å². The first-order valence-corrected chi connectivity index (χ1v) is 8.24. The lowest BCUT2D eigenvalue weighted by molar-refractivity contribution is -0.145. The van der Waals surface area contributed by atoms with E-state index in [9.17, 15) is 4.79 Å². The number of carbonyl (C=O) groups is 1. The quantitative estimate of drug-likeness (QED) is 0.688. The molecule has 0 amide bonds. The van der Waals surface area contributed by atoms with Crippen LogP contribution in [0.15, 0.2) is 0 Å². The Hall–Kier alpha value is -0.220. The SMILES string of the molecule is CCCCC1(CCCC)N[C@H](C(=O)OCC)CS1. The Bertz CT molecular complexity index is 250. The van der Waals surface area contributed by atoms with Gasteiger partial charge in [-0.05, 0) is 19.8 Å². The minimum Gasteiger partial charge on any atom is -0.465 e. The maximum Gasteiger partial charge on any atom is 0.324 e. The Morgan fingerprint density at radius 2 is 1.89 bits per heavy atom. The molecule has 4 heteroatoms. The van der Waals surface area contributed by atoms with E-state index in [2.05, 4.69) is 19.2 Å². The summed E-state index contributed by atoms with van der Waals surface area (Å²) in [6, 6.07) is -0.108. The second-order valence-electron chi connectivity index (χ2n) is 4.96. The van der Waals surface area contributed by atoms with Crippen LogP contribution < -0.4 is 5.32 Å². The van der Waals surface area contributed by atoms with Crippen LogP contribution in [0.1, 0.15) is 59.3 Å². The summed E-state index contributed by atoms with van der Waals surface area (Å²) in [7, 11) is 0. The van der Waals surface area contributed by atoms with Gasteiger partial charge in [-0.25, -0.2) is 0 Å². The highest BCUT2D eigenvalue weighted by atomic mass is 32.2. The van der Waals surface area contributed by atoms with Crippen LogP contribution in [0.4, 0.5) is 0 Å². The van der Waals surface area contributed by atoms with Crippen molar-refractivity contribution in [2.24, 2.45) is 0 Å². The molecule has 0 aromatic rings. The van der Waals surface area contributed by atoms with Crippen molar-refractivity contribution in [3.8, 4) is 0 Å². The van der Waals surface area contributed by atoms with Gasteiger partial charge >= 0.3 is 5.97 Å². The van der Waals surface area contributed by atoms with Gasteiger partial charge in [0.05, 0.1) is 11.5 Å². The fraction of sp³-hybridized carbons (Fsp3) is 0.929. The molecule has 0 unspecified atom stereocenters. The third kappa shape index (κ3) is 4.47. The van der Waals surface area contributed by atoms with E-state index in [0.717, 1.165) is 18.6 Å². The van der Waals surface area contributed by atoms with Crippen LogP contribution in [0.3, 0.4) is 0 Å². The molecule has 1 heterocycles. The van der Waals surface area contributed by atoms with E-state index >= 15 is 0 Å². The Balaban J connectivity index is 2.55. The topological polar surface area (TPSA) is 38.3 Å². The van der Waals surface area contributed by atoms with E-state index in [1.54, 1.807) is 0 Å². The largest absolute Gasteiger partial charge is 0.465 e. The van der Waals surface area contributed by atoms with Crippen molar-refractivity contribution in [2.45, 2.75) is 70.2 Å². The van der Waals surface area contributed by atoms with Gasteiger partial charge in [0.2, 0.25) is 0 Å². The molecule has 0 aliphatic carbocycles. The molecule has 0 aromatic heterocycles. The molecule has 1 atom stereocenters. The smallest absolute Gasteiger partial charge is 0.324 e. The molecule has 1 rings (SSSR count). The lowest BCUT2D eigenvalue weighted by Crippen LogP contribution is -2.45. The second-order valence-corrected chi connectivity index (χ2v) is 6.36. The van der Waals surface area contributed by atoms with E-state index in [4.69, 9.17) is 4.74 Å². The zero-order valence-electron chi connectivity index (χ0n) is 12.0. The van der Waals surface area contributed by atoms with Gasteiger partial charge in [-0.3, -0.25) is 10.1 Å². The minimum absolute atomic E-state index is 0.0835. The minimum atomic E-state index is -0.108. The van der Waals surface area contributed by atoms with E-state index in [1.165, 1.54) is 25.7 Å². The van der Waals surface area contributed by atoms with Crippen LogP contribution in [0.25, 0.3) is 0 Å². The lowest BCUT2D eigenvalue weighted by atomic mass is 10.0.